The van der Waals surface area contributed by atoms with E-state index in [1.807, 2.05) is 4.90 Å². The topological polar surface area (TPSA) is 58.8 Å². The standard InChI is InChI=1S/C10H21N3O2/c1-12(2)10(14)13(6-5-11)9-3-7-15-8-4-9/h9H,3-8,11H2,1-2H3. The number of amides is 2. The second-order valence-corrected chi connectivity index (χ2v) is 4.00. The maximum Gasteiger partial charge on any atom is 0.319 e. The first-order valence-electron chi connectivity index (χ1n) is 5.42. The van der Waals surface area contributed by atoms with Crippen LogP contribution in [0.3, 0.4) is 0 Å². The predicted octanol–water partition coefficient (Wildman–Crippen LogP) is 0.108. The van der Waals surface area contributed by atoms with Gasteiger partial charge in [-0.25, -0.2) is 4.79 Å². The summed E-state index contributed by atoms with van der Waals surface area (Å²) in [5.74, 6) is 0. The van der Waals surface area contributed by atoms with E-state index in [-0.39, 0.29) is 12.1 Å². The van der Waals surface area contributed by atoms with Crippen molar-refractivity contribution in [2.75, 3.05) is 40.4 Å². The minimum atomic E-state index is 0.0485. The molecule has 0 saturated carbocycles. The van der Waals surface area contributed by atoms with Crippen LogP contribution < -0.4 is 5.73 Å². The van der Waals surface area contributed by atoms with Crippen molar-refractivity contribution in [3.8, 4) is 0 Å². The molecular weight excluding hydrogens is 194 g/mol. The van der Waals surface area contributed by atoms with Crippen LogP contribution in [0.2, 0.25) is 0 Å². The second kappa shape index (κ2) is 5.92. The molecule has 0 aromatic heterocycles. The van der Waals surface area contributed by atoms with Crippen molar-refractivity contribution in [1.82, 2.24) is 9.80 Å². The van der Waals surface area contributed by atoms with Crippen LogP contribution in [0.15, 0.2) is 0 Å². The van der Waals surface area contributed by atoms with E-state index in [1.165, 1.54) is 0 Å². The molecule has 0 unspecified atom stereocenters. The third kappa shape index (κ3) is 3.35. The Kier molecular flexibility index (Phi) is 4.84. The maximum atomic E-state index is 11.9. The van der Waals surface area contributed by atoms with Gasteiger partial charge < -0.3 is 20.3 Å². The Labute approximate surface area is 91.2 Å². The number of ether oxygens (including phenoxy) is 1. The number of carbonyl (C=O) groups excluding carboxylic acids is 1. The average Bonchev–Trinajstić information content (AvgIpc) is 2.26. The molecule has 0 aromatic rings. The molecule has 5 nitrogen and oxygen atoms in total. The molecule has 1 rings (SSSR count). The number of urea groups is 1. The summed E-state index contributed by atoms with van der Waals surface area (Å²) >= 11 is 0. The first-order valence-corrected chi connectivity index (χ1v) is 5.42. The fourth-order valence-corrected chi connectivity index (χ4v) is 1.83. The summed E-state index contributed by atoms with van der Waals surface area (Å²) in [4.78, 5) is 15.4. The summed E-state index contributed by atoms with van der Waals surface area (Å²) in [6.45, 7) is 2.62. The van der Waals surface area contributed by atoms with Crippen LogP contribution in [-0.4, -0.2) is 62.3 Å². The summed E-state index contributed by atoms with van der Waals surface area (Å²) in [5.41, 5.74) is 5.53. The molecule has 1 aliphatic rings. The lowest BCUT2D eigenvalue weighted by Gasteiger charge is -2.35. The van der Waals surface area contributed by atoms with E-state index < -0.39 is 0 Å². The first-order chi connectivity index (χ1) is 7.16. The Morgan fingerprint density at radius 3 is 2.47 bits per heavy atom. The van der Waals surface area contributed by atoms with Crippen molar-refractivity contribution in [2.45, 2.75) is 18.9 Å². The zero-order valence-corrected chi connectivity index (χ0v) is 9.61. The van der Waals surface area contributed by atoms with E-state index in [0.29, 0.717) is 13.1 Å². The summed E-state index contributed by atoms with van der Waals surface area (Å²) < 4.78 is 5.29. The van der Waals surface area contributed by atoms with Gasteiger partial charge in [-0.05, 0) is 12.8 Å². The van der Waals surface area contributed by atoms with Gasteiger partial charge in [0.05, 0.1) is 0 Å². The van der Waals surface area contributed by atoms with Gasteiger partial charge in [-0.1, -0.05) is 0 Å². The monoisotopic (exact) mass is 215 g/mol. The molecule has 0 atom stereocenters. The summed E-state index contributed by atoms with van der Waals surface area (Å²) in [6, 6.07) is 0.338. The van der Waals surface area contributed by atoms with Crippen LogP contribution in [0.5, 0.6) is 0 Å². The Balaban J connectivity index is 2.58. The van der Waals surface area contributed by atoms with Crippen LogP contribution in [0.1, 0.15) is 12.8 Å². The number of nitrogens with two attached hydrogens (primary N) is 1. The van der Waals surface area contributed by atoms with Crippen molar-refractivity contribution in [3.05, 3.63) is 0 Å². The highest BCUT2D eigenvalue weighted by molar-refractivity contribution is 5.74. The van der Waals surface area contributed by atoms with Crippen LogP contribution in [0.25, 0.3) is 0 Å². The lowest BCUT2D eigenvalue weighted by molar-refractivity contribution is 0.0423. The van der Waals surface area contributed by atoms with Gasteiger partial charge in [0.2, 0.25) is 0 Å². The summed E-state index contributed by atoms with van der Waals surface area (Å²) in [7, 11) is 3.54. The highest BCUT2D eigenvalue weighted by Gasteiger charge is 2.25. The molecule has 5 heteroatoms. The minimum absolute atomic E-state index is 0.0485. The number of carbonyl (C=O) groups is 1. The molecule has 2 amide bonds. The third-order valence-electron chi connectivity index (χ3n) is 2.63. The van der Waals surface area contributed by atoms with Crippen LogP contribution in [0, 0.1) is 0 Å². The molecule has 15 heavy (non-hydrogen) atoms. The number of nitrogens with zero attached hydrogens (tertiary/aromatic N) is 2. The lowest BCUT2D eigenvalue weighted by Crippen LogP contribution is -2.49. The van der Waals surface area contributed by atoms with Gasteiger partial charge >= 0.3 is 6.03 Å². The maximum absolute atomic E-state index is 11.9. The Hall–Kier alpha value is -0.810. The SMILES string of the molecule is CN(C)C(=O)N(CCN)C1CCOCC1. The summed E-state index contributed by atoms with van der Waals surface area (Å²) in [6.07, 6.45) is 1.83. The zero-order chi connectivity index (χ0) is 11.3. The van der Waals surface area contributed by atoms with E-state index in [1.54, 1.807) is 19.0 Å². The normalized spacial score (nSPS) is 17.5. The van der Waals surface area contributed by atoms with Gasteiger partial charge in [-0.15, -0.1) is 0 Å². The van der Waals surface area contributed by atoms with Gasteiger partial charge in [0.15, 0.2) is 0 Å². The second-order valence-electron chi connectivity index (χ2n) is 4.00. The van der Waals surface area contributed by atoms with Crippen molar-refractivity contribution in [1.29, 1.82) is 0 Å². The quantitative estimate of drug-likeness (QED) is 0.727. The fraction of sp³-hybridized carbons (Fsp3) is 0.900. The highest BCUT2D eigenvalue weighted by Crippen LogP contribution is 2.15. The van der Waals surface area contributed by atoms with Crippen molar-refractivity contribution in [3.63, 3.8) is 0 Å². The van der Waals surface area contributed by atoms with E-state index in [4.69, 9.17) is 10.5 Å². The molecule has 1 saturated heterocycles. The Morgan fingerprint density at radius 1 is 1.40 bits per heavy atom. The van der Waals surface area contributed by atoms with E-state index in [9.17, 15) is 4.79 Å². The molecule has 1 heterocycles. The number of rotatable bonds is 3. The third-order valence-corrected chi connectivity index (χ3v) is 2.63. The van der Waals surface area contributed by atoms with Crippen molar-refractivity contribution in [2.24, 2.45) is 5.73 Å². The van der Waals surface area contributed by atoms with E-state index in [2.05, 4.69) is 0 Å². The van der Waals surface area contributed by atoms with Crippen LogP contribution in [0.4, 0.5) is 4.79 Å². The highest BCUT2D eigenvalue weighted by atomic mass is 16.5. The van der Waals surface area contributed by atoms with Gasteiger partial charge in [0.25, 0.3) is 0 Å². The molecule has 1 fully saturated rings. The van der Waals surface area contributed by atoms with E-state index in [0.717, 1.165) is 26.1 Å². The Morgan fingerprint density at radius 2 is 2.00 bits per heavy atom. The molecule has 0 aromatic carbocycles. The van der Waals surface area contributed by atoms with Gasteiger partial charge in [0.1, 0.15) is 0 Å². The molecule has 0 aliphatic carbocycles. The average molecular weight is 215 g/mol. The van der Waals surface area contributed by atoms with Crippen LogP contribution in [-0.2, 0) is 4.74 Å². The van der Waals surface area contributed by atoms with Gasteiger partial charge in [-0.2, -0.15) is 0 Å². The van der Waals surface area contributed by atoms with Gasteiger partial charge in [-0.3, -0.25) is 0 Å². The van der Waals surface area contributed by atoms with Crippen molar-refractivity contribution >= 4 is 6.03 Å². The zero-order valence-electron chi connectivity index (χ0n) is 9.61. The molecule has 0 radical (unpaired) electrons. The van der Waals surface area contributed by atoms with E-state index >= 15 is 0 Å². The lowest BCUT2D eigenvalue weighted by atomic mass is 10.1. The number of hydrogen-bond acceptors (Lipinski definition) is 3. The summed E-state index contributed by atoms with van der Waals surface area (Å²) in [5, 5.41) is 0. The molecule has 88 valence electrons. The molecule has 0 bridgehead atoms. The molecule has 0 spiro atoms. The van der Waals surface area contributed by atoms with Crippen LogP contribution >= 0.6 is 0 Å². The first kappa shape index (κ1) is 12.3. The Bertz CT molecular complexity index is 203. The minimum Gasteiger partial charge on any atom is -0.381 e. The molecule has 1 aliphatic heterocycles. The smallest absolute Gasteiger partial charge is 0.319 e. The van der Waals surface area contributed by atoms with Crippen molar-refractivity contribution < 1.29 is 9.53 Å². The largest absolute Gasteiger partial charge is 0.381 e. The fourth-order valence-electron chi connectivity index (χ4n) is 1.83. The predicted molar refractivity (Wildman–Crippen MR) is 58.7 cm³/mol. The van der Waals surface area contributed by atoms with Gasteiger partial charge in [0, 0.05) is 46.4 Å². The molecular formula is C10H21N3O2. The number of hydrogen-bond donors (Lipinski definition) is 1. The molecule has 2 N–H and O–H groups in total.